The van der Waals surface area contributed by atoms with Gasteiger partial charge < -0.3 is 25.4 Å². The third-order valence-electron chi connectivity index (χ3n) is 7.52. The molecule has 3 rings (SSSR count). The van der Waals surface area contributed by atoms with Gasteiger partial charge in [0, 0.05) is 24.3 Å². The van der Waals surface area contributed by atoms with Gasteiger partial charge in [0.2, 0.25) is 0 Å². The summed E-state index contributed by atoms with van der Waals surface area (Å²) in [4.78, 5) is 30.5. The Balaban J connectivity index is 1.81. The monoisotopic (exact) mass is 508 g/mol. The Morgan fingerprint density at radius 2 is 1.97 bits per heavy atom. The molecule has 0 spiro atoms. The van der Waals surface area contributed by atoms with Gasteiger partial charge in [-0.1, -0.05) is 34.1 Å². The number of nitrogens with two attached hydrogens (primary N) is 1. The standard InChI is InChI=1S/C26H40N2O6S/c1-14-7-6-8-18-20(33-18)10-19(15(2)9-17-13-35-22(12-27)28-17)34-23(30)11-21(29)26(4,5)25(32)16(3)24(14)31/h9,13-14,16,18-21,24,29,31H,6-8,10-12,27H2,1-5H3. The molecule has 0 amide bonds. The zero-order valence-corrected chi connectivity index (χ0v) is 22.2. The quantitative estimate of drug-likeness (QED) is 0.418. The van der Waals surface area contributed by atoms with Crippen LogP contribution in [0.3, 0.4) is 0 Å². The topological polar surface area (TPSA) is 135 Å². The summed E-state index contributed by atoms with van der Waals surface area (Å²) in [5.41, 5.74) is 6.06. The molecule has 35 heavy (non-hydrogen) atoms. The number of thiazole rings is 1. The number of Topliss-reactive ketones (excluding diaryl/α,β-unsaturated/α-hetero) is 1. The Kier molecular flexibility index (Phi) is 9.26. The van der Waals surface area contributed by atoms with Gasteiger partial charge in [-0.15, -0.1) is 11.3 Å². The number of hydrogen-bond acceptors (Lipinski definition) is 9. The van der Waals surface area contributed by atoms with Crippen LogP contribution in [0, 0.1) is 17.3 Å². The van der Waals surface area contributed by atoms with E-state index >= 15 is 0 Å². The third-order valence-corrected chi connectivity index (χ3v) is 8.41. The van der Waals surface area contributed by atoms with Gasteiger partial charge in [0.25, 0.3) is 0 Å². The number of rotatable bonds is 3. The largest absolute Gasteiger partial charge is 0.458 e. The van der Waals surface area contributed by atoms with E-state index in [2.05, 4.69) is 4.98 Å². The minimum Gasteiger partial charge on any atom is -0.458 e. The summed E-state index contributed by atoms with van der Waals surface area (Å²) in [5, 5.41) is 24.3. The lowest BCUT2D eigenvalue weighted by molar-refractivity contribution is -0.154. The number of nitrogens with zero attached hydrogens (tertiary/aromatic N) is 1. The molecule has 3 heterocycles. The molecule has 4 N–H and O–H groups in total. The van der Waals surface area contributed by atoms with Crippen LogP contribution in [0.4, 0.5) is 0 Å². The van der Waals surface area contributed by atoms with Crippen molar-refractivity contribution in [3.63, 3.8) is 0 Å². The molecule has 0 bridgehead atoms. The molecule has 2 saturated heterocycles. The molecule has 1 aromatic rings. The van der Waals surface area contributed by atoms with Crippen LogP contribution in [-0.4, -0.2) is 57.5 Å². The zero-order valence-electron chi connectivity index (χ0n) is 21.4. The molecule has 2 aliphatic heterocycles. The van der Waals surface area contributed by atoms with Crippen LogP contribution in [0.25, 0.3) is 6.08 Å². The van der Waals surface area contributed by atoms with E-state index in [1.165, 1.54) is 11.3 Å². The molecule has 196 valence electrons. The molecule has 0 radical (unpaired) electrons. The highest BCUT2D eigenvalue weighted by Gasteiger charge is 2.44. The molecule has 9 heteroatoms. The lowest BCUT2D eigenvalue weighted by atomic mass is 9.73. The van der Waals surface area contributed by atoms with E-state index in [1.807, 2.05) is 25.3 Å². The number of esters is 1. The summed E-state index contributed by atoms with van der Waals surface area (Å²) in [6.07, 6.45) is 2.08. The molecular weight excluding hydrogens is 468 g/mol. The molecule has 0 aromatic carbocycles. The molecular formula is C26H40N2O6S. The number of cyclic esters (lactones) is 1. The number of fused-ring (bicyclic) bond motifs is 1. The first-order valence-corrected chi connectivity index (χ1v) is 13.4. The Bertz CT molecular complexity index is 929. The molecule has 7 unspecified atom stereocenters. The van der Waals surface area contributed by atoms with Crippen molar-refractivity contribution in [2.75, 3.05) is 0 Å². The Morgan fingerprint density at radius 3 is 2.63 bits per heavy atom. The van der Waals surface area contributed by atoms with E-state index in [0.717, 1.165) is 35.5 Å². The fourth-order valence-electron chi connectivity index (χ4n) is 4.82. The lowest BCUT2D eigenvalue weighted by Crippen LogP contribution is -2.45. The zero-order chi connectivity index (χ0) is 25.9. The minimum absolute atomic E-state index is 0.0128. The van der Waals surface area contributed by atoms with Crippen LogP contribution >= 0.6 is 11.3 Å². The third kappa shape index (κ3) is 6.98. The number of carbonyl (C=O) groups is 2. The van der Waals surface area contributed by atoms with Crippen molar-refractivity contribution in [2.24, 2.45) is 23.0 Å². The number of ether oxygens (including phenoxy) is 2. The van der Waals surface area contributed by atoms with E-state index in [1.54, 1.807) is 20.8 Å². The van der Waals surface area contributed by atoms with Gasteiger partial charge in [0.05, 0.1) is 41.9 Å². The maximum absolute atomic E-state index is 13.2. The van der Waals surface area contributed by atoms with Crippen molar-refractivity contribution in [1.29, 1.82) is 0 Å². The van der Waals surface area contributed by atoms with Gasteiger partial charge in [0.15, 0.2) is 0 Å². The summed E-state index contributed by atoms with van der Waals surface area (Å²) in [6.45, 7) is 9.14. The highest BCUT2D eigenvalue weighted by atomic mass is 32.1. The van der Waals surface area contributed by atoms with Crippen LogP contribution in [0.1, 0.15) is 77.4 Å². The van der Waals surface area contributed by atoms with Gasteiger partial charge in [-0.2, -0.15) is 0 Å². The summed E-state index contributed by atoms with van der Waals surface area (Å²) in [7, 11) is 0. The van der Waals surface area contributed by atoms with Gasteiger partial charge >= 0.3 is 5.97 Å². The number of carbonyl (C=O) groups excluding carboxylic acids is 2. The van der Waals surface area contributed by atoms with E-state index in [0.29, 0.717) is 13.0 Å². The maximum atomic E-state index is 13.2. The second kappa shape index (κ2) is 11.6. The number of aliphatic hydroxyl groups is 2. The summed E-state index contributed by atoms with van der Waals surface area (Å²) in [6, 6.07) is 0. The van der Waals surface area contributed by atoms with Gasteiger partial charge in [-0.3, -0.25) is 9.59 Å². The van der Waals surface area contributed by atoms with E-state index in [4.69, 9.17) is 15.2 Å². The molecule has 8 nitrogen and oxygen atoms in total. The van der Waals surface area contributed by atoms with Crippen LogP contribution in [-0.2, 0) is 25.6 Å². The fraction of sp³-hybridized carbons (Fsp3) is 0.731. The van der Waals surface area contributed by atoms with Crippen molar-refractivity contribution in [3.8, 4) is 0 Å². The van der Waals surface area contributed by atoms with Crippen molar-refractivity contribution < 1.29 is 29.3 Å². The molecule has 0 aliphatic carbocycles. The number of epoxide rings is 1. The van der Waals surface area contributed by atoms with Crippen LogP contribution in [0.2, 0.25) is 0 Å². The van der Waals surface area contributed by atoms with Crippen LogP contribution in [0.15, 0.2) is 11.0 Å². The second-order valence-corrected chi connectivity index (χ2v) is 11.6. The fourth-order valence-corrected chi connectivity index (χ4v) is 5.45. The number of aromatic nitrogens is 1. The normalized spacial score (nSPS) is 35.3. The average molecular weight is 509 g/mol. The van der Waals surface area contributed by atoms with Crippen LogP contribution < -0.4 is 5.73 Å². The first-order valence-electron chi connectivity index (χ1n) is 12.5. The highest BCUT2D eigenvalue weighted by Crippen LogP contribution is 2.36. The van der Waals surface area contributed by atoms with E-state index in [-0.39, 0.29) is 30.3 Å². The maximum Gasteiger partial charge on any atom is 0.309 e. The lowest BCUT2D eigenvalue weighted by Gasteiger charge is -2.34. The number of aliphatic hydroxyl groups excluding tert-OH is 2. The summed E-state index contributed by atoms with van der Waals surface area (Å²) >= 11 is 1.48. The van der Waals surface area contributed by atoms with Crippen molar-refractivity contribution >= 4 is 29.2 Å². The van der Waals surface area contributed by atoms with E-state index in [9.17, 15) is 19.8 Å². The first kappa shape index (κ1) is 27.9. The second-order valence-electron chi connectivity index (χ2n) is 10.7. The molecule has 0 saturated carbocycles. The van der Waals surface area contributed by atoms with Crippen LogP contribution in [0.5, 0.6) is 0 Å². The number of hydrogen-bond donors (Lipinski definition) is 3. The Hall–Kier alpha value is -1.65. The predicted molar refractivity (Wildman–Crippen MR) is 134 cm³/mol. The van der Waals surface area contributed by atoms with Crippen molar-refractivity contribution in [2.45, 2.75) is 104 Å². The predicted octanol–water partition coefficient (Wildman–Crippen LogP) is 3.24. The number of ketones is 1. The Labute approximate surface area is 211 Å². The van der Waals surface area contributed by atoms with Gasteiger partial charge in [-0.05, 0) is 37.3 Å². The van der Waals surface area contributed by atoms with Crippen molar-refractivity contribution in [1.82, 2.24) is 4.98 Å². The minimum atomic E-state index is -1.24. The molecule has 7 atom stereocenters. The van der Waals surface area contributed by atoms with Gasteiger partial charge in [-0.25, -0.2) is 4.98 Å². The molecule has 2 fully saturated rings. The SMILES string of the molecule is CC(=Cc1csc(CN)n1)C1CC2OC2CCCC(C)C(O)C(C)C(=O)C(C)(C)C(O)CC(=O)O1. The molecule has 2 aliphatic rings. The summed E-state index contributed by atoms with van der Waals surface area (Å²) in [5.74, 6) is -1.56. The molecule has 1 aromatic heterocycles. The van der Waals surface area contributed by atoms with Crippen molar-refractivity contribution in [3.05, 3.63) is 21.7 Å². The van der Waals surface area contributed by atoms with Gasteiger partial charge in [0.1, 0.15) is 16.9 Å². The smallest absolute Gasteiger partial charge is 0.309 e. The summed E-state index contributed by atoms with van der Waals surface area (Å²) < 4.78 is 11.7. The first-order chi connectivity index (χ1) is 16.4. The van der Waals surface area contributed by atoms with E-state index < -0.39 is 35.6 Å². The highest BCUT2D eigenvalue weighted by molar-refractivity contribution is 7.09. The average Bonchev–Trinajstić information content (AvgIpc) is 3.38. The Morgan fingerprint density at radius 1 is 1.26 bits per heavy atom.